The third-order valence-electron chi connectivity index (χ3n) is 4.34. The molecule has 2 heterocycles. The van der Waals surface area contributed by atoms with Gasteiger partial charge in [0.15, 0.2) is 5.65 Å². The molecule has 0 saturated heterocycles. The highest BCUT2D eigenvalue weighted by atomic mass is 35.5. The quantitative estimate of drug-likeness (QED) is 0.531. The van der Waals surface area contributed by atoms with Gasteiger partial charge in [0, 0.05) is 39.8 Å². The van der Waals surface area contributed by atoms with Crippen LogP contribution in [0.25, 0.3) is 22.3 Å². The summed E-state index contributed by atoms with van der Waals surface area (Å²) in [6, 6.07) is 7.91. The molecule has 0 amide bonds. The van der Waals surface area contributed by atoms with Gasteiger partial charge in [0.05, 0.1) is 0 Å². The highest BCUT2D eigenvalue weighted by molar-refractivity contribution is 6.36. The summed E-state index contributed by atoms with van der Waals surface area (Å²) in [4.78, 5) is 9.50. The maximum absolute atomic E-state index is 6.42. The number of aryl methyl sites for hydroxylation is 1. The summed E-state index contributed by atoms with van der Waals surface area (Å²) in [6.07, 6.45) is 4.94. The minimum absolute atomic E-state index is 0.374. The summed E-state index contributed by atoms with van der Waals surface area (Å²) < 4.78 is 2.27. The lowest BCUT2D eigenvalue weighted by molar-refractivity contribution is 0.493. The SMILES string of the molecule is CCCC(C)n1c(CC)nc2c(-c3ccc(Cl)cc3Cl)ccnc21. The lowest BCUT2D eigenvalue weighted by Gasteiger charge is -2.15. The smallest absolute Gasteiger partial charge is 0.160 e. The number of imidazole rings is 1. The molecule has 0 N–H and O–H groups in total. The van der Waals surface area contributed by atoms with Crippen molar-refractivity contribution in [3.63, 3.8) is 0 Å². The van der Waals surface area contributed by atoms with Gasteiger partial charge >= 0.3 is 0 Å². The number of hydrogen-bond donors (Lipinski definition) is 0. The number of pyridine rings is 1. The minimum atomic E-state index is 0.374. The van der Waals surface area contributed by atoms with E-state index in [0.717, 1.165) is 47.4 Å². The molecule has 24 heavy (non-hydrogen) atoms. The molecular weight excluding hydrogens is 341 g/mol. The van der Waals surface area contributed by atoms with Crippen molar-refractivity contribution in [3.8, 4) is 11.1 Å². The van der Waals surface area contributed by atoms with E-state index in [4.69, 9.17) is 28.2 Å². The number of fused-ring (bicyclic) bond motifs is 1. The van der Waals surface area contributed by atoms with Crippen molar-refractivity contribution in [3.05, 3.63) is 46.3 Å². The number of hydrogen-bond acceptors (Lipinski definition) is 2. The van der Waals surface area contributed by atoms with Crippen molar-refractivity contribution in [1.82, 2.24) is 14.5 Å². The molecule has 0 aliphatic heterocycles. The standard InChI is InChI=1S/C19H21Cl2N3/c1-4-6-12(3)24-17(5-2)23-18-15(9-10-22-19(18)24)14-8-7-13(20)11-16(14)21/h7-12H,4-6H2,1-3H3. The number of rotatable bonds is 5. The zero-order valence-electron chi connectivity index (χ0n) is 14.2. The fourth-order valence-corrected chi connectivity index (χ4v) is 3.73. The van der Waals surface area contributed by atoms with E-state index >= 15 is 0 Å². The van der Waals surface area contributed by atoms with E-state index in [9.17, 15) is 0 Å². The predicted molar refractivity (Wildman–Crippen MR) is 102 cm³/mol. The van der Waals surface area contributed by atoms with Gasteiger partial charge in [-0.05, 0) is 31.5 Å². The first-order valence-corrected chi connectivity index (χ1v) is 9.13. The Balaban J connectivity index is 2.24. The van der Waals surface area contributed by atoms with Crippen LogP contribution in [0, 0.1) is 0 Å². The average molecular weight is 362 g/mol. The monoisotopic (exact) mass is 361 g/mol. The van der Waals surface area contributed by atoms with Crippen LogP contribution in [0.2, 0.25) is 10.0 Å². The Morgan fingerprint density at radius 3 is 2.58 bits per heavy atom. The van der Waals surface area contributed by atoms with Gasteiger partial charge in [-0.3, -0.25) is 0 Å². The first kappa shape index (κ1) is 17.2. The molecule has 0 aliphatic rings. The van der Waals surface area contributed by atoms with E-state index in [1.807, 2.05) is 24.4 Å². The number of aromatic nitrogens is 3. The molecule has 3 aromatic rings. The summed E-state index contributed by atoms with van der Waals surface area (Å²) in [5.74, 6) is 1.07. The Kier molecular flexibility index (Phi) is 5.12. The Morgan fingerprint density at radius 1 is 1.12 bits per heavy atom. The van der Waals surface area contributed by atoms with Crippen LogP contribution < -0.4 is 0 Å². The molecule has 1 atom stereocenters. The highest BCUT2D eigenvalue weighted by Crippen LogP contribution is 2.35. The largest absolute Gasteiger partial charge is 0.310 e. The fourth-order valence-electron chi connectivity index (χ4n) is 3.22. The molecule has 3 rings (SSSR count). The molecule has 3 nitrogen and oxygen atoms in total. The third-order valence-corrected chi connectivity index (χ3v) is 4.88. The van der Waals surface area contributed by atoms with E-state index in [-0.39, 0.29) is 0 Å². The zero-order chi connectivity index (χ0) is 17.3. The maximum atomic E-state index is 6.42. The normalized spacial score (nSPS) is 12.7. The second-order valence-corrected chi connectivity index (χ2v) is 6.89. The molecule has 0 spiro atoms. The molecule has 126 valence electrons. The number of benzene rings is 1. The molecular formula is C19H21Cl2N3. The second kappa shape index (κ2) is 7.12. The van der Waals surface area contributed by atoms with Crippen molar-refractivity contribution in [2.45, 2.75) is 46.1 Å². The van der Waals surface area contributed by atoms with Crippen LogP contribution in [0.1, 0.15) is 45.5 Å². The Morgan fingerprint density at radius 2 is 1.92 bits per heavy atom. The van der Waals surface area contributed by atoms with E-state index < -0.39 is 0 Å². The lowest BCUT2D eigenvalue weighted by atomic mass is 10.1. The maximum Gasteiger partial charge on any atom is 0.160 e. The number of halogens is 2. The van der Waals surface area contributed by atoms with E-state index in [0.29, 0.717) is 16.1 Å². The van der Waals surface area contributed by atoms with E-state index in [1.54, 1.807) is 6.07 Å². The Bertz CT molecular complexity index is 870. The lowest BCUT2D eigenvalue weighted by Crippen LogP contribution is -2.09. The highest BCUT2D eigenvalue weighted by Gasteiger charge is 2.19. The molecule has 1 aromatic carbocycles. The summed E-state index contributed by atoms with van der Waals surface area (Å²) in [5, 5.41) is 1.26. The van der Waals surface area contributed by atoms with Crippen LogP contribution in [0.4, 0.5) is 0 Å². The molecule has 0 bridgehead atoms. The molecule has 2 aromatic heterocycles. The second-order valence-electron chi connectivity index (χ2n) is 6.04. The van der Waals surface area contributed by atoms with Gasteiger partial charge in [-0.2, -0.15) is 0 Å². The number of nitrogens with zero attached hydrogens (tertiary/aromatic N) is 3. The van der Waals surface area contributed by atoms with Crippen molar-refractivity contribution in [2.24, 2.45) is 0 Å². The van der Waals surface area contributed by atoms with Gasteiger partial charge in [0.25, 0.3) is 0 Å². The zero-order valence-corrected chi connectivity index (χ0v) is 15.7. The van der Waals surface area contributed by atoms with Crippen molar-refractivity contribution in [2.75, 3.05) is 0 Å². The topological polar surface area (TPSA) is 30.7 Å². The van der Waals surface area contributed by atoms with Crippen LogP contribution in [-0.4, -0.2) is 14.5 Å². The van der Waals surface area contributed by atoms with Gasteiger partial charge in [-0.1, -0.05) is 49.5 Å². The first-order chi connectivity index (χ1) is 11.6. The fraction of sp³-hybridized carbons (Fsp3) is 0.368. The summed E-state index contributed by atoms with van der Waals surface area (Å²) in [5.41, 5.74) is 3.76. The third kappa shape index (κ3) is 3.03. The van der Waals surface area contributed by atoms with Gasteiger partial charge in [0.1, 0.15) is 11.3 Å². The van der Waals surface area contributed by atoms with Crippen LogP contribution in [0.3, 0.4) is 0 Å². The van der Waals surface area contributed by atoms with E-state index in [1.165, 1.54) is 0 Å². The molecule has 5 heteroatoms. The Labute approximate surface area is 152 Å². The summed E-state index contributed by atoms with van der Waals surface area (Å²) >= 11 is 12.5. The van der Waals surface area contributed by atoms with Crippen LogP contribution >= 0.6 is 23.2 Å². The molecule has 0 saturated carbocycles. The minimum Gasteiger partial charge on any atom is -0.310 e. The first-order valence-electron chi connectivity index (χ1n) is 8.38. The van der Waals surface area contributed by atoms with Gasteiger partial charge < -0.3 is 4.57 Å². The molecule has 0 aliphatic carbocycles. The summed E-state index contributed by atoms with van der Waals surface area (Å²) in [6.45, 7) is 6.56. The van der Waals surface area contributed by atoms with E-state index in [2.05, 4.69) is 30.3 Å². The van der Waals surface area contributed by atoms with Crippen molar-refractivity contribution in [1.29, 1.82) is 0 Å². The molecule has 0 radical (unpaired) electrons. The van der Waals surface area contributed by atoms with Gasteiger partial charge in [-0.25, -0.2) is 9.97 Å². The van der Waals surface area contributed by atoms with Crippen molar-refractivity contribution < 1.29 is 0 Å². The Hall–Kier alpha value is -1.58. The van der Waals surface area contributed by atoms with Crippen LogP contribution in [0.15, 0.2) is 30.5 Å². The summed E-state index contributed by atoms with van der Waals surface area (Å²) in [7, 11) is 0. The van der Waals surface area contributed by atoms with Crippen LogP contribution in [0.5, 0.6) is 0 Å². The van der Waals surface area contributed by atoms with Crippen LogP contribution in [-0.2, 0) is 6.42 Å². The molecule has 0 fully saturated rings. The predicted octanol–water partition coefficient (Wildman–Crippen LogP) is 6.33. The van der Waals surface area contributed by atoms with Gasteiger partial charge in [0.2, 0.25) is 0 Å². The molecule has 1 unspecified atom stereocenters. The van der Waals surface area contributed by atoms with Gasteiger partial charge in [-0.15, -0.1) is 0 Å². The van der Waals surface area contributed by atoms with Crippen molar-refractivity contribution >= 4 is 34.4 Å². The average Bonchev–Trinajstić information content (AvgIpc) is 2.94.